The van der Waals surface area contributed by atoms with Crippen molar-refractivity contribution in [3.8, 4) is 5.88 Å². The summed E-state index contributed by atoms with van der Waals surface area (Å²) in [5.74, 6) is 0.106. The van der Waals surface area contributed by atoms with E-state index in [0.717, 1.165) is 52.2 Å². The molecule has 0 aliphatic heterocycles. The number of aliphatic imine (C=N–C) groups is 2. The summed E-state index contributed by atoms with van der Waals surface area (Å²) >= 11 is 0. The Balaban J connectivity index is 3.87. The molecule has 0 saturated carbocycles. The highest BCUT2D eigenvalue weighted by molar-refractivity contribution is 6.03. The van der Waals surface area contributed by atoms with Gasteiger partial charge >= 0.3 is 0 Å². The molecule has 1 aromatic heterocycles. The van der Waals surface area contributed by atoms with Gasteiger partial charge in [-0.05, 0) is 63.3 Å². The van der Waals surface area contributed by atoms with Gasteiger partial charge in [0.05, 0.1) is 17.0 Å². The van der Waals surface area contributed by atoms with Crippen LogP contribution in [-0.2, 0) is 0 Å². The Bertz CT molecular complexity index is 1090. The van der Waals surface area contributed by atoms with E-state index < -0.39 is 0 Å². The number of H-pyrrole nitrogens is 1. The van der Waals surface area contributed by atoms with Crippen molar-refractivity contribution in [3.63, 3.8) is 0 Å². The molecule has 32 heavy (non-hydrogen) atoms. The van der Waals surface area contributed by atoms with E-state index in [2.05, 4.69) is 66.6 Å². The third kappa shape index (κ3) is 7.23. The van der Waals surface area contributed by atoms with Crippen molar-refractivity contribution in [2.45, 2.75) is 60.8 Å². The summed E-state index contributed by atoms with van der Waals surface area (Å²) in [5, 5.41) is 12.5. The van der Waals surface area contributed by atoms with Crippen molar-refractivity contribution in [1.82, 2.24) is 4.98 Å². The monoisotopic (exact) mass is 433 g/mol. The van der Waals surface area contributed by atoms with Crippen LogP contribution < -0.4 is 10.6 Å². The van der Waals surface area contributed by atoms with Crippen molar-refractivity contribution >= 4 is 24.1 Å². The molecule has 0 fully saturated rings. The SMILES string of the molecule is C=CC(/C(=C\CC)/C=c1/c(C(C)=N/C(C=NC)=C/C)c(O)[nH]/c1=C/C)=C(C)\C=C/CCC. The summed E-state index contributed by atoms with van der Waals surface area (Å²) in [7, 11) is 1.72. The van der Waals surface area contributed by atoms with Crippen LogP contribution in [0.4, 0.5) is 0 Å². The average Bonchev–Trinajstić information content (AvgIpc) is 3.09. The number of allylic oxidation sites excluding steroid dienone is 9. The van der Waals surface area contributed by atoms with Crippen LogP contribution in [0, 0.1) is 0 Å². The molecule has 0 spiro atoms. The molecule has 2 N–H and O–H groups in total. The number of rotatable bonds is 10. The standard InChI is InChI=1S/C28H39N3O/c1-9-14-15-17-20(6)24(12-4)22(16-10-2)18-25-26(13-5)31-28(32)27(25)21(7)30-23(11-3)19-29-8/h11-13,15-19,31-32H,4,9-10,14H2,1-3,5-8H3/b17-15-,22-16-,23-11+,24-20+,25-18+,26-13+,29-19?,30-21?. The minimum absolute atomic E-state index is 0.106. The third-order valence-corrected chi connectivity index (χ3v) is 5.04. The van der Waals surface area contributed by atoms with Crippen LogP contribution in [0.5, 0.6) is 5.88 Å². The average molecular weight is 434 g/mol. The van der Waals surface area contributed by atoms with Gasteiger partial charge in [0, 0.05) is 23.8 Å². The van der Waals surface area contributed by atoms with Gasteiger partial charge in [-0.2, -0.15) is 0 Å². The van der Waals surface area contributed by atoms with Gasteiger partial charge in [0.2, 0.25) is 0 Å². The first kappa shape index (κ1) is 26.9. The Labute approximate surface area is 193 Å². The van der Waals surface area contributed by atoms with Crippen LogP contribution in [0.2, 0.25) is 0 Å². The molecule has 0 unspecified atom stereocenters. The summed E-state index contributed by atoms with van der Waals surface area (Å²) in [6, 6.07) is 0. The molecular weight excluding hydrogens is 394 g/mol. The van der Waals surface area contributed by atoms with Crippen molar-refractivity contribution in [1.29, 1.82) is 0 Å². The maximum atomic E-state index is 10.7. The number of aromatic amines is 1. The van der Waals surface area contributed by atoms with Gasteiger partial charge in [-0.1, -0.05) is 63.3 Å². The van der Waals surface area contributed by atoms with Crippen LogP contribution in [0.25, 0.3) is 12.2 Å². The second-order valence-electron chi connectivity index (χ2n) is 7.47. The number of unbranched alkanes of at least 4 members (excludes halogenated alkanes) is 1. The van der Waals surface area contributed by atoms with Crippen LogP contribution in [0.1, 0.15) is 66.4 Å². The van der Waals surface area contributed by atoms with Crippen molar-refractivity contribution in [2.75, 3.05) is 7.05 Å². The molecule has 0 radical (unpaired) electrons. The fraction of sp³-hybridized carbons (Fsp3) is 0.357. The minimum Gasteiger partial charge on any atom is -0.494 e. The fourth-order valence-electron chi connectivity index (χ4n) is 3.46. The van der Waals surface area contributed by atoms with Gasteiger partial charge in [0.25, 0.3) is 0 Å². The largest absolute Gasteiger partial charge is 0.494 e. The van der Waals surface area contributed by atoms with Gasteiger partial charge in [-0.15, -0.1) is 0 Å². The highest BCUT2D eigenvalue weighted by atomic mass is 16.3. The van der Waals surface area contributed by atoms with E-state index in [4.69, 9.17) is 0 Å². The lowest BCUT2D eigenvalue weighted by Gasteiger charge is -2.08. The quantitative estimate of drug-likeness (QED) is 0.350. The van der Waals surface area contributed by atoms with E-state index in [9.17, 15) is 5.11 Å². The van der Waals surface area contributed by atoms with Crippen LogP contribution in [0.3, 0.4) is 0 Å². The zero-order valence-corrected chi connectivity index (χ0v) is 20.8. The Morgan fingerprint density at radius 3 is 2.44 bits per heavy atom. The summed E-state index contributed by atoms with van der Waals surface area (Å²) < 4.78 is 0. The molecule has 0 aliphatic carbocycles. The van der Waals surface area contributed by atoms with Gasteiger partial charge in [0.1, 0.15) is 0 Å². The third-order valence-electron chi connectivity index (χ3n) is 5.04. The Morgan fingerprint density at radius 2 is 1.91 bits per heavy atom. The lowest BCUT2D eigenvalue weighted by Crippen LogP contribution is -2.26. The number of hydrogen-bond donors (Lipinski definition) is 2. The van der Waals surface area contributed by atoms with Gasteiger partial charge in [0.15, 0.2) is 5.88 Å². The van der Waals surface area contributed by atoms with Gasteiger partial charge in [-0.25, -0.2) is 0 Å². The smallest absolute Gasteiger partial charge is 0.198 e. The highest BCUT2D eigenvalue weighted by Gasteiger charge is 2.13. The molecule has 0 atom stereocenters. The molecule has 0 amide bonds. The van der Waals surface area contributed by atoms with Crippen LogP contribution in [0.15, 0.2) is 69.4 Å². The van der Waals surface area contributed by atoms with E-state index in [0.29, 0.717) is 11.3 Å². The lowest BCUT2D eigenvalue weighted by molar-refractivity contribution is 0.455. The number of hydrogen-bond acceptors (Lipinski definition) is 3. The second kappa shape index (κ2) is 14.0. The topological polar surface area (TPSA) is 60.7 Å². The second-order valence-corrected chi connectivity index (χ2v) is 7.47. The van der Waals surface area contributed by atoms with Gasteiger partial charge in [-0.3, -0.25) is 9.98 Å². The van der Waals surface area contributed by atoms with Crippen molar-refractivity contribution in [3.05, 3.63) is 75.5 Å². The highest BCUT2D eigenvalue weighted by Crippen LogP contribution is 2.20. The summed E-state index contributed by atoms with van der Waals surface area (Å²) in [6.07, 6.45) is 19.2. The first-order valence-electron chi connectivity index (χ1n) is 11.3. The Morgan fingerprint density at radius 1 is 1.19 bits per heavy atom. The van der Waals surface area contributed by atoms with E-state index in [1.807, 2.05) is 39.0 Å². The molecule has 172 valence electrons. The molecule has 0 bridgehead atoms. The zero-order chi connectivity index (χ0) is 24.1. The molecule has 1 aromatic rings. The molecule has 1 rings (SSSR count). The normalized spacial score (nSPS) is 15.9. The number of aromatic nitrogens is 1. The lowest BCUT2D eigenvalue weighted by atomic mass is 9.97. The summed E-state index contributed by atoms with van der Waals surface area (Å²) in [4.78, 5) is 11.8. The fourth-order valence-corrected chi connectivity index (χ4v) is 3.46. The minimum atomic E-state index is 0.106. The van der Waals surface area contributed by atoms with Crippen molar-refractivity contribution in [2.24, 2.45) is 9.98 Å². The Hall–Kier alpha value is -3.14. The van der Waals surface area contributed by atoms with Gasteiger partial charge < -0.3 is 10.1 Å². The summed E-state index contributed by atoms with van der Waals surface area (Å²) in [6.45, 7) is 16.2. The maximum absolute atomic E-state index is 10.7. The van der Waals surface area contributed by atoms with Crippen LogP contribution in [-0.4, -0.2) is 29.1 Å². The van der Waals surface area contributed by atoms with E-state index in [-0.39, 0.29) is 5.88 Å². The molecule has 4 heteroatoms. The number of nitrogens with zero attached hydrogens (tertiary/aromatic N) is 2. The molecule has 0 aliphatic rings. The maximum Gasteiger partial charge on any atom is 0.198 e. The number of aromatic hydroxyl groups is 1. The number of nitrogens with one attached hydrogen (secondary N) is 1. The molecular formula is C28H39N3O. The first-order valence-corrected chi connectivity index (χ1v) is 11.3. The van der Waals surface area contributed by atoms with E-state index >= 15 is 0 Å². The van der Waals surface area contributed by atoms with Crippen molar-refractivity contribution < 1.29 is 5.11 Å². The van der Waals surface area contributed by atoms with Crippen LogP contribution >= 0.6 is 0 Å². The predicted molar refractivity (Wildman–Crippen MR) is 142 cm³/mol. The molecule has 0 aromatic carbocycles. The summed E-state index contributed by atoms with van der Waals surface area (Å²) in [5.41, 5.74) is 5.45. The van der Waals surface area contributed by atoms with E-state index in [1.54, 1.807) is 13.3 Å². The predicted octanol–water partition coefficient (Wildman–Crippen LogP) is 5.91. The first-order chi connectivity index (χ1) is 15.4. The molecule has 0 saturated heterocycles. The molecule has 4 nitrogen and oxygen atoms in total. The Kier molecular flexibility index (Phi) is 11.8. The molecule has 1 heterocycles. The zero-order valence-electron chi connectivity index (χ0n) is 20.8. The van der Waals surface area contributed by atoms with E-state index in [1.165, 1.54) is 0 Å².